The molecule has 0 bridgehead atoms. The van der Waals surface area contributed by atoms with Crippen molar-refractivity contribution in [2.75, 3.05) is 0 Å². The van der Waals surface area contributed by atoms with Crippen LogP contribution in [-0.4, -0.2) is 23.8 Å². The highest BCUT2D eigenvalue weighted by Crippen LogP contribution is 2.17. The highest BCUT2D eigenvalue weighted by atomic mass is 19.1. The summed E-state index contributed by atoms with van der Waals surface area (Å²) < 4.78 is 18.4. The molecule has 33 heavy (non-hydrogen) atoms. The number of hydrogen-bond acceptors (Lipinski definition) is 4. The molecule has 1 aliphatic rings. The predicted octanol–water partition coefficient (Wildman–Crippen LogP) is 7.68. The van der Waals surface area contributed by atoms with Gasteiger partial charge in [-0.2, -0.15) is 5.10 Å². The van der Waals surface area contributed by atoms with Crippen molar-refractivity contribution in [3.05, 3.63) is 71.7 Å². The fraction of sp³-hybridized carbons (Fsp3) is 0.500. The Hall–Kier alpha value is -2.69. The van der Waals surface area contributed by atoms with Gasteiger partial charge >= 0.3 is 5.97 Å². The number of halogens is 1. The number of carbonyl (C=O) groups excluding carboxylic acids is 1. The van der Waals surface area contributed by atoms with Crippen LogP contribution in [0.2, 0.25) is 0 Å². The third-order valence-electron chi connectivity index (χ3n) is 4.78. The lowest BCUT2D eigenvalue weighted by Crippen LogP contribution is -2.19. The molecule has 0 radical (unpaired) electrons. The SMILES string of the molecule is C\C=C(F)/C=C\C(=C/C)C(CCC)OC(=O)CC.C\C=C/C(=C\C=C\CC)C1=NNC(C)C1. The topological polar surface area (TPSA) is 50.7 Å². The third kappa shape index (κ3) is 13.5. The number of allylic oxidation sites excluding steroid dienone is 10. The fourth-order valence-electron chi connectivity index (χ4n) is 2.95. The van der Waals surface area contributed by atoms with E-state index in [1.807, 2.05) is 26.8 Å². The Labute approximate surface area is 200 Å². The molecular formula is C28H43FN2O2. The highest BCUT2D eigenvalue weighted by molar-refractivity contribution is 6.03. The Bertz CT molecular complexity index is 786. The van der Waals surface area contributed by atoms with Gasteiger partial charge in [0.15, 0.2) is 0 Å². The first kappa shape index (κ1) is 30.3. The molecule has 0 aliphatic carbocycles. The van der Waals surface area contributed by atoms with Crippen LogP contribution in [0.25, 0.3) is 0 Å². The molecule has 1 aliphatic heterocycles. The van der Waals surface area contributed by atoms with Crippen LogP contribution in [-0.2, 0) is 9.53 Å². The lowest BCUT2D eigenvalue weighted by atomic mass is 10.0. The van der Waals surface area contributed by atoms with Gasteiger partial charge in [0.2, 0.25) is 0 Å². The van der Waals surface area contributed by atoms with Crippen LogP contribution in [0.3, 0.4) is 0 Å². The van der Waals surface area contributed by atoms with Gasteiger partial charge in [-0.05, 0) is 57.8 Å². The number of hydrazone groups is 1. The first-order valence-corrected chi connectivity index (χ1v) is 12.0. The van der Waals surface area contributed by atoms with Crippen LogP contribution in [0, 0.1) is 0 Å². The van der Waals surface area contributed by atoms with E-state index in [2.05, 4.69) is 54.8 Å². The molecule has 0 aromatic rings. The lowest BCUT2D eigenvalue weighted by Gasteiger charge is -2.18. The van der Waals surface area contributed by atoms with Gasteiger partial charge in [0.05, 0.1) is 5.71 Å². The van der Waals surface area contributed by atoms with E-state index in [4.69, 9.17) is 4.74 Å². The molecule has 0 aromatic carbocycles. The van der Waals surface area contributed by atoms with Crippen molar-refractivity contribution in [2.24, 2.45) is 5.10 Å². The molecule has 1 N–H and O–H groups in total. The van der Waals surface area contributed by atoms with Gasteiger partial charge in [-0.1, -0.05) is 75.8 Å². The number of nitrogens with one attached hydrogen (secondary N) is 1. The first-order valence-electron chi connectivity index (χ1n) is 12.0. The van der Waals surface area contributed by atoms with Crippen molar-refractivity contribution < 1.29 is 13.9 Å². The molecule has 0 spiro atoms. The van der Waals surface area contributed by atoms with Crippen LogP contribution in [0.4, 0.5) is 4.39 Å². The van der Waals surface area contributed by atoms with Gasteiger partial charge in [-0.25, -0.2) is 4.39 Å². The molecule has 5 heteroatoms. The zero-order valence-electron chi connectivity index (χ0n) is 21.5. The van der Waals surface area contributed by atoms with Crippen molar-refractivity contribution in [1.29, 1.82) is 0 Å². The van der Waals surface area contributed by atoms with E-state index in [0.29, 0.717) is 12.5 Å². The maximum atomic E-state index is 13.0. The number of nitrogens with zero attached hydrogens (tertiary/aromatic N) is 1. The van der Waals surface area contributed by atoms with Gasteiger partial charge in [0.1, 0.15) is 11.9 Å². The van der Waals surface area contributed by atoms with E-state index in [-0.39, 0.29) is 17.9 Å². The number of rotatable bonds is 11. The quantitative estimate of drug-likeness (QED) is 0.255. The molecule has 0 saturated carbocycles. The van der Waals surface area contributed by atoms with Crippen LogP contribution in [0.5, 0.6) is 0 Å². The summed E-state index contributed by atoms with van der Waals surface area (Å²) in [5.41, 5.74) is 6.28. The van der Waals surface area contributed by atoms with Crippen LogP contribution in [0.15, 0.2) is 76.8 Å². The molecule has 2 atom stereocenters. The predicted molar refractivity (Wildman–Crippen MR) is 140 cm³/mol. The molecule has 2 unspecified atom stereocenters. The summed E-state index contributed by atoms with van der Waals surface area (Å²) in [5.74, 6) is -0.529. The van der Waals surface area contributed by atoms with Crippen LogP contribution >= 0.6 is 0 Å². The number of esters is 1. The van der Waals surface area contributed by atoms with Crippen molar-refractivity contribution in [3.63, 3.8) is 0 Å². The largest absolute Gasteiger partial charge is 0.457 e. The summed E-state index contributed by atoms with van der Waals surface area (Å²) in [6.07, 6.45) is 20.6. The summed E-state index contributed by atoms with van der Waals surface area (Å²) >= 11 is 0. The second-order valence-electron chi connectivity index (χ2n) is 7.67. The van der Waals surface area contributed by atoms with Crippen molar-refractivity contribution >= 4 is 11.7 Å². The molecule has 0 aromatic heterocycles. The van der Waals surface area contributed by atoms with Gasteiger partial charge < -0.3 is 10.2 Å². The monoisotopic (exact) mass is 458 g/mol. The second-order valence-corrected chi connectivity index (χ2v) is 7.67. The molecule has 0 saturated heterocycles. The molecule has 184 valence electrons. The summed E-state index contributed by atoms with van der Waals surface area (Å²) in [6, 6.07) is 0.462. The first-order chi connectivity index (χ1) is 15.9. The Balaban J connectivity index is 0.000000629. The summed E-state index contributed by atoms with van der Waals surface area (Å²) in [4.78, 5) is 11.4. The number of carbonyl (C=O) groups is 1. The maximum Gasteiger partial charge on any atom is 0.306 e. The van der Waals surface area contributed by atoms with Crippen LogP contribution in [0.1, 0.15) is 80.6 Å². The Morgan fingerprint density at radius 2 is 1.91 bits per heavy atom. The minimum atomic E-state index is -0.300. The molecule has 0 amide bonds. The Kier molecular flexibility index (Phi) is 17.3. The van der Waals surface area contributed by atoms with E-state index in [9.17, 15) is 9.18 Å². The van der Waals surface area contributed by atoms with Gasteiger partial charge in [-0.15, -0.1) is 0 Å². The summed E-state index contributed by atoms with van der Waals surface area (Å²) in [6.45, 7) is 13.6. The maximum absolute atomic E-state index is 13.0. The van der Waals surface area contributed by atoms with E-state index in [1.165, 1.54) is 17.7 Å². The standard InChI is InChI=1S/C15H23FO2.C13H20N2/c1-5-9-14(18-15(17)8-4)12(6-2)10-11-13(16)7-3;1-4-6-7-9-12(8-5-2)13-10-11(3)14-15-13/h6-7,10-11,14H,5,8-9H2,1-4H3;5-9,11,14H,4,10H2,1-3H3/b11-10-,12-6+,13-7+;7-6+,8-5-,12-9+. The average Bonchev–Trinajstić information content (AvgIpc) is 3.25. The Morgan fingerprint density at radius 1 is 1.18 bits per heavy atom. The fourth-order valence-corrected chi connectivity index (χ4v) is 2.95. The zero-order valence-corrected chi connectivity index (χ0v) is 21.5. The van der Waals surface area contributed by atoms with Gasteiger partial charge in [0, 0.05) is 18.9 Å². The Morgan fingerprint density at radius 3 is 2.39 bits per heavy atom. The van der Waals surface area contributed by atoms with Crippen molar-refractivity contribution in [2.45, 2.75) is 92.7 Å². The third-order valence-corrected chi connectivity index (χ3v) is 4.78. The average molecular weight is 459 g/mol. The van der Waals surface area contributed by atoms with Crippen molar-refractivity contribution in [3.8, 4) is 0 Å². The molecule has 1 heterocycles. The molecular weight excluding hydrogens is 415 g/mol. The van der Waals surface area contributed by atoms with Crippen molar-refractivity contribution in [1.82, 2.24) is 5.43 Å². The molecule has 1 rings (SSSR count). The van der Waals surface area contributed by atoms with Gasteiger partial charge in [0.25, 0.3) is 0 Å². The van der Waals surface area contributed by atoms with E-state index < -0.39 is 0 Å². The zero-order chi connectivity index (χ0) is 25.1. The van der Waals surface area contributed by atoms with Gasteiger partial charge in [-0.3, -0.25) is 4.79 Å². The highest BCUT2D eigenvalue weighted by Gasteiger charge is 2.16. The molecule has 0 fully saturated rings. The molecule has 4 nitrogen and oxygen atoms in total. The minimum Gasteiger partial charge on any atom is -0.457 e. The minimum absolute atomic E-state index is 0.229. The second kappa shape index (κ2) is 18.8. The normalized spacial score (nSPS) is 18.4. The lowest BCUT2D eigenvalue weighted by molar-refractivity contribution is -0.147. The van der Waals surface area contributed by atoms with E-state index in [1.54, 1.807) is 19.9 Å². The summed E-state index contributed by atoms with van der Waals surface area (Å²) in [7, 11) is 0. The van der Waals surface area contributed by atoms with E-state index >= 15 is 0 Å². The van der Waals surface area contributed by atoms with E-state index in [0.717, 1.165) is 37.0 Å². The smallest absolute Gasteiger partial charge is 0.306 e. The number of hydrogen-bond donors (Lipinski definition) is 1. The van der Waals surface area contributed by atoms with Crippen LogP contribution < -0.4 is 5.43 Å². The summed E-state index contributed by atoms with van der Waals surface area (Å²) in [5, 5.41) is 4.33. The number of ether oxygens (including phenoxy) is 1.